The van der Waals surface area contributed by atoms with E-state index < -0.39 is 4.92 Å². The van der Waals surface area contributed by atoms with Crippen molar-refractivity contribution in [1.82, 2.24) is 0 Å². The molecule has 0 heterocycles. The maximum Gasteiger partial charge on any atom is 0.292 e. The summed E-state index contributed by atoms with van der Waals surface area (Å²) in [6.07, 6.45) is 1.00. The molecule has 2 aromatic carbocycles. The largest absolute Gasteiger partial charge is 0.457 e. The van der Waals surface area contributed by atoms with Gasteiger partial charge in [-0.05, 0) is 30.0 Å². The van der Waals surface area contributed by atoms with Gasteiger partial charge in [0.2, 0.25) is 0 Å². The second-order valence-electron chi connectivity index (χ2n) is 4.93. The Balaban J connectivity index is 2.31. The summed E-state index contributed by atoms with van der Waals surface area (Å²) in [5.74, 6) is 1.62. The Labute approximate surface area is 123 Å². The molecule has 0 aliphatic rings. The van der Waals surface area contributed by atoms with Crippen LogP contribution in [0.15, 0.2) is 42.5 Å². The molecular weight excluding hydrogens is 268 g/mol. The number of nitro groups is 1. The van der Waals surface area contributed by atoms with E-state index in [2.05, 4.69) is 13.8 Å². The molecule has 0 aliphatic carbocycles. The fourth-order valence-electron chi connectivity index (χ4n) is 2.09. The minimum absolute atomic E-state index is 0.0959. The quantitative estimate of drug-likeness (QED) is 0.499. The Bertz CT molecular complexity index is 656. The van der Waals surface area contributed by atoms with E-state index >= 15 is 0 Å². The lowest BCUT2D eigenvalue weighted by Crippen LogP contribution is -1.98. The van der Waals surface area contributed by atoms with E-state index in [1.54, 1.807) is 6.07 Å². The zero-order valence-corrected chi connectivity index (χ0v) is 12.1. The van der Waals surface area contributed by atoms with Gasteiger partial charge in [0, 0.05) is 12.1 Å². The average Bonchev–Trinajstić information content (AvgIpc) is 2.46. The van der Waals surface area contributed by atoms with E-state index in [1.807, 2.05) is 24.3 Å². The van der Waals surface area contributed by atoms with Crippen molar-refractivity contribution in [2.45, 2.75) is 26.2 Å². The Morgan fingerprint density at radius 2 is 2.00 bits per heavy atom. The van der Waals surface area contributed by atoms with Gasteiger partial charge in [0.1, 0.15) is 17.2 Å². The van der Waals surface area contributed by atoms with Crippen LogP contribution in [0.5, 0.6) is 11.5 Å². The molecule has 0 saturated heterocycles. The number of nitrogens with two attached hydrogens (primary N) is 1. The summed E-state index contributed by atoms with van der Waals surface area (Å²) < 4.78 is 5.85. The number of ether oxygens (including phenoxy) is 1. The monoisotopic (exact) mass is 286 g/mol. The Hall–Kier alpha value is -2.56. The zero-order chi connectivity index (χ0) is 15.4. The summed E-state index contributed by atoms with van der Waals surface area (Å²) >= 11 is 0. The maximum atomic E-state index is 10.8. The van der Waals surface area contributed by atoms with Crippen LogP contribution in [0.25, 0.3) is 0 Å². The van der Waals surface area contributed by atoms with Gasteiger partial charge in [0.15, 0.2) is 0 Å². The Morgan fingerprint density at radius 1 is 1.29 bits per heavy atom. The van der Waals surface area contributed by atoms with Crippen LogP contribution in [-0.4, -0.2) is 4.92 Å². The summed E-state index contributed by atoms with van der Waals surface area (Å²) in [7, 11) is 0. The molecule has 1 atom stereocenters. The molecule has 0 amide bonds. The second-order valence-corrected chi connectivity index (χ2v) is 4.93. The number of nitrogen functional groups attached to an aromatic ring is 1. The van der Waals surface area contributed by atoms with Gasteiger partial charge in [-0.2, -0.15) is 0 Å². The average molecular weight is 286 g/mol. The summed E-state index contributed by atoms with van der Waals surface area (Å²) in [5, 5.41) is 10.8. The summed E-state index contributed by atoms with van der Waals surface area (Å²) in [6.45, 7) is 4.25. The molecule has 21 heavy (non-hydrogen) atoms. The molecule has 5 nitrogen and oxygen atoms in total. The van der Waals surface area contributed by atoms with Crippen molar-refractivity contribution in [3.8, 4) is 11.5 Å². The molecule has 0 saturated carbocycles. The van der Waals surface area contributed by atoms with E-state index in [-0.39, 0.29) is 11.4 Å². The van der Waals surface area contributed by atoms with Gasteiger partial charge < -0.3 is 10.5 Å². The number of rotatable bonds is 5. The van der Waals surface area contributed by atoms with Crippen LogP contribution in [0, 0.1) is 10.1 Å². The highest BCUT2D eigenvalue weighted by Crippen LogP contribution is 2.34. The van der Waals surface area contributed by atoms with E-state index in [9.17, 15) is 10.1 Å². The van der Waals surface area contributed by atoms with Crippen molar-refractivity contribution >= 4 is 11.4 Å². The normalized spacial score (nSPS) is 11.9. The van der Waals surface area contributed by atoms with Crippen molar-refractivity contribution in [2.75, 3.05) is 5.73 Å². The first kappa shape index (κ1) is 14.8. The first-order valence-electron chi connectivity index (χ1n) is 6.83. The van der Waals surface area contributed by atoms with Gasteiger partial charge in [0.05, 0.1) is 4.92 Å². The van der Waals surface area contributed by atoms with Crippen molar-refractivity contribution in [3.63, 3.8) is 0 Å². The predicted octanol–water partition coefficient (Wildman–Crippen LogP) is 4.48. The second kappa shape index (κ2) is 6.26. The number of benzene rings is 2. The van der Waals surface area contributed by atoms with Gasteiger partial charge in [-0.25, -0.2) is 0 Å². The van der Waals surface area contributed by atoms with Crippen LogP contribution < -0.4 is 10.5 Å². The number of hydrogen-bond donors (Lipinski definition) is 1. The van der Waals surface area contributed by atoms with Gasteiger partial charge in [-0.1, -0.05) is 32.0 Å². The lowest BCUT2D eigenvalue weighted by atomic mass is 9.98. The van der Waals surface area contributed by atoms with Crippen LogP contribution in [0.4, 0.5) is 11.4 Å². The minimum atomic E-state index is -0.508. The van der Waals surface area contributed by atoms with E-state index in [1.165, 1.54) is 12.1 Å². The fourth-order valence-corrected chi connectivity index (χ4v) is 2.09. The highest BCUT2D eigenvalue weighted by Gasteiger charge is 2.14. The Kier molecular flexibility index (Phi) is 4.42. The van der Waals surface area contributed by atoms with Crippen molar-refractivity contribution in [2.24, 2.45) is 0 Å². The first-order valence-corrected chi connectivity index (χ1v) is 6.83. The van der Waals surface area contributed by atoms with Crippen LogP contribution in [0.1, 0.15) is 31.7 Å². The molecule has 110 valence electrons. The van der Waals surface area contributed by atoms with Gasteiger partial charge in [-0.3, -0.25) is 10.1 Å². The molecule has 1 unspecified atom stereocenters. The van der Waals surface area contributed by atoms with Gasteiger partial charge in [0.25, 0.3) is 5.69 Å². The number of para-hydroxylation sites is 1. The van der Waals surface area contributed by atoms with Crippen LogP contribution in [0.2, 0.25) is 0 Å². The molecule has 5 heteroatoms. The predicted molar refractivity (Wildman–Crippen MR) is 82.7 cm³/mol. The van der Waals surface area contributed by atoms with Crippen molar-refractivity contribution in [1.29, 1.82) is 0 Å². The number of anilines is 1. The molecular formula is C16H18N2O3. The minimum Gasteiger partial charge on any atom is -0.457 e. The molecule has 0 spiro atoms. The summed E-state index contributed by atoms with van der Waals surface area (Å²) in [4.78, 5) is 10.3. The zero-order valence-electron chi connectivity index (χ0n) is 12.1. The standard InChI is InChI=1S/C16H18N2O3/c1-3-11(2)13-6-4-5-7-16(13)21-12-8-9-15(18(19)20)14(17)10-12/h4-11H,3,17H2,1-2H3. The first-order chi connectivity index (χ1) is 10.0. The van der Waals surface area contributed by atoms with Crippen molar-refractivity contribution in [3.05, 3.63) is 58.1 Å². The molecule has 2 N–H and O–H groups in total. The van der Waals surface area contributed by atoms with Crippen molar-refractivity contribution < 1.29 is 9.66 Å². The summed E-state index contributed by atoms with van der Waals surface area (Å²) in [5.41, 5.74) is 6.77. The number of nitro benzene ring substituents is 1. The molecule has 0 bridgehead atoms. The molecule has 0 aliphatic heterocycles. The molecule has 0 fully saturated rings. The third kappa shape index (κ3) is 3.31. The van der Waals surface area contributed by atoms with Gasteiger partial charge in [-0.15, -0.1) is 0 Å². The van der Waals surface area contributed by atoms with E-state index in [4.69, 9.17) is 10.5 Å². The number of nitrogens with zero attached hydrogens (tertiary/aromatic N) is 1. The SMILES string of the molecule is CCC(C)c1ccccc1Oc1ccc([N+](=O)[O-])c(N)c1. The van der Waals surface area contributed by atoms with E-state index in [0.717, 1.165) is 17.7 Å². The fraction of sp³-hybridized carbons (Fsp3) is 0.250. The molecule has 2 rings (SSSR count). The lowest BCUT2D eigenvalue weighted by Gasteiger charge is -2.15. The third-order valence-corrected chi connectivity index (χ3v) is 3.49. The maximum absolute atomic E-state index is 10.8. The Morgan fingerprint density at radius 3 is 2.62 bits per heavy atom. The third-order valence-electron chi connectivity index (χ3n) is 3.49. The van der Waals surface area contributed by atoms with Gasteiger partial charge >= 0.3 is 0 Å². The topological polar surface area (TPSA) is 78.4 Å². The highest BCUT2D eigenvalue weighted by molar-refractivity contribution is 5.61. The smallest absolute Gasteiger partial charge is 0.292 e. The summed E-state index contributed by atoms with van der Waals surface area (Å²) in [6, 6.07) is 12.2. The molecule has 0 aromatic heterocycles. The molecule has 0 radical (unpaired) electrons. The van der Waals surface area contributed by atoms with Crippen LogP contribution in [-0.2, 0) is 0 Å². The van der Waals surface area contributed by atoms with Crippen LogP contribution in [0.3, 0.4) is 0 Å². The lowest BCUT2D eigenvalue weighted by molar-refractivity contribution is -0.383. The van der Waals surface area contributed by atoms with Crippen LogP contribution >= 0.6 is 0 Å². The van der Waals surface area contributed by atoms with E-state index in [0.29, 0.717) is 11.7 Å². The number of hydrogen-bond acceptors (Lipinski definition) is 4. The molecule has 2 aromatic rings. The highest BCUT2D eigenvalue weighted by atomic mass is 16.6.